The predicted molar refractivity (Wildman–Crippen MR) is 73.2 cm³/mol. The maximum Gasteiger partial charge on any atom is 0.0281 e. The predicted octanol–water partition coefficient (Wildman–Crippen LogP) is 2.25. The van der Waals surface area contributed by atoms with E-state index in [1.54, 1.807) is 0 Å². The van der Waals surface area contributed by atoms with E-state index in [9.17, 15) is 0 Å². The fourth-order valence-electron chi connectivity index (χ4n) is 3.06. The van der Waals surface area contributed by atoms with Crippen molar-refractivity contribution in [1.82, 2.24) is 10.6 Å². The Kier molecular flexibility index (Phi) is 4.98. The van der Waals surface area contributed by atoms with Crippen LogP contribution in [0.2, 0.25) is 0 Å². The number of rotatable bonds is 5. The smallest absolute Gasteiger partial charge is 0.0281 e. The monoisotopic (exact) mass is 242 g/mol. The van der Waals surface area contributed by atoms with Crippen molar-refractivity contribution in [3.8, 4) is 0 Å². The van der Waals surface area contributed by atoms with Gasteiger partial charge in [0.15, 0.2) is 0 Å². The third kappa shape index (κ3) is 3.38. The van der Waals surface area contributed by atoms with Gasteiger partial charge in [-0.25, -0.2) is 0 Å². The highest BCUT2D eigenvalue weighted by atomic mass is 32.2. The lowest BCUT2D eigenvalue weighted by Crippen LogP contribution is -2.39. The van der Waals surface area contributed by atoms with E-state index in [1.807, 2.05) is 0 Å². The van der Waals surface area contributed by atoms with E-state index >= 15 is 0 Å². The molecule has 94 valence electrons. The molecule has 1 heterocycles. The summed E-state index contributed by atoms with van der Waals surface area (Å²) in [5.74, 6) is 0.918. The summed E-state index contributed by atoms with van der Waals surface area (Å²) < 4.78 is 0.576. The minimum Gasteiger partial charge on any atom is -0.317 e. The standard InChI is InChI=1S/C13H26N2S/c1-16-13(6-2-3-7-13)11-15-10-12-4-8-14-9-5-12/h12,14-15H,2-11H2,1H3. The highest BCUT2D eigenvalue weighted by Gasteiger charge is 2.32. The van der Waals surface area contributed by atoms with Gasteiger partial charge in [0.25, 0.3) is 0 Å². The SMILES string of the molecule is CSC1(CNCC2CCNCC2)CCCC1. The first-order valence-corrected chi connectivity index (χ1v) is 8.04. The van der Waals surface area contributed by atoms with Crippen molar-refractivity contribution >= 4 is 11.8 Å². The Hall–Kier alpha value is 0.270. The molecule has 0 radical (unpaired) electrons. The first-order chi connectivity index (χ1) is 7.85. The molecule has 1 aliphatic carbocycles. The van der Waals surface area contributed by atoms with Crippen molar-refractivity contribution in [1.29, 1.82) is 0 Å². The Morgan fingerprint density at radius 1 is 1.25 bits per heavy atom. The van der Waals surface area contributed by atoms with Crippen LogP contribution in [-0.2, 0) is 0 Å². The molecule has 2 N–H and O–H groups in total. The van der Waals surface area contributed by atoms with Gasteiger partial charge in [-0.05, 0) is 57.5 Å². The van der Waals surface area contributed by atoms with Gasteiger partial charge in [0, 0.05) is 11.3 Å². The summed E-state index contributed by atoms with van der Waals surface area (Å²) in [4.78, 5) is 0. The lowest BCUT2D eigenvalue weighted by atomic mass is 9.98. The van der Waals surface area contributed by atoms with Gasteiger partial charge in [0.05, 0.1) is 0 Å². The van der Waals surface area contributed by atoms with Crippen LogP contribution in [0.5, 0.6) is 0 Å². The Bertz CT molecular complexity index is 196. The molecule has 2 rings (SSSR count). The van der Waals surface area contributed by atoms with E-state index in [-0.39, 0.29) is 0 Å². The largest absolute Gasteiger partial charge is 0.317 e. The number of hydrogen-bond acceptors (Lipinski definition) is 3. The Morgan fingerprint density at radius 2 is 1.94 bits per heavy atom. The molecule has 1 saturated carbocycles. The molecule has 0 bridgehead atoms. The normalized spacial score (nSPS) is 26.1. The molecule has 0 spiro atoms. The number of thioether (sulfide) groups is 1. The maximum absolute atomic E-state index is 3.74. The molecule has 2 nitrogen and oxygen atoms in total. The topological polar surface area (TPSA) is 24.1 Å². The molecule has 16 heavy (non-hydrogen) atoms. The van der Waals surface area contributed by atoms with Gasteiger partial charge in [-0.3, -0.25) is 0 Å². The minimum absolute atomic E-state index is 0.576. The molecule has 3 heteroatoms. The fraction of sp³-hybridized carbons (Fsp3) is 1.00. The summed E-state index contributed by atoms with van der Waals surface area (Å²) in [6.07, 6.45) is 10.7. The minimum atomic E-state index is 0.576. The molecule has 0 unspecified atom stereocenters. The van der Waals surface area contributed by atoms with Crippen molar-refractivity contribution in [3.63, 3.8) is 0 Å². The summed E-state index contributed by atoms with van der Waals surface area (Å²) in [7, 11) is 0. The van der Waals surface area contributed by atoms with E-state index < -0.39 is 0 Å². The second-order valence-electron chi connectivity index (χ2n) is 5.42. The van der Waals surface area contributed by atoms with Gasteiger partial charge in [-0.2, -0.15) is 11.8 Å². The van der Waals surface area contributed by atoms with Gasteiger partial charge < -0.3 is 10.6 Å². The summed E-state index contributed by atoms with van der Waals surface area (Å²) in [5, 5.41) is 7.17. The van der Waals surface area contributed by atoms with E-state index in [0.717, 1.165) is 5.92 Å². The number of hydrogen-bond donors (Lipinski definition) is 2. The summed E-state index contributed by atoms with van der Waals surface area (Å²) in [6, 6.07) is 0. The molecule has 2 fully saturated rings. The second kappa shape index (κ2) is 6.27. The van der Waals surface area contributed by atoms with Crippen LogP contribution in [0.25, 0.3) is 0 Å². The van der Waals surface area contributed by atoms with Gasteiger partial charge in [0.2, 0.25) is 0 Å². The maximum atomic E-state index is 3.74. The molecule has 0 amide bonds. The first kappa shape index (κ1) is 12.7. The third-order valence-corrected chi connectivity index (χ3v) is 5.71. The molecule has 0 aromatic carbocycles. The highest BCUT2D eigenvalue weighted by molar-refractivity contribution is 8.00. The summed E-state index contributed by atoms with van der Waals surface area (Å²) in [5.41, 5.74) is 0. The quantitative estimate of drug-likeness (QED) is 0.773. The van der Waals surface area contributed by atoms with Gasteiger partial charge >= 0.3 is 0 Å². The first-order valence-electron chi connectivity index (χ1n) is 6.81. The van der Waals surface area contributed by atoms with E-state index in [2.05, 4.69) is 28.7 Å². The zero-order valence-corrected chi connectivity index (χ0v) is 11.4. The summed E-state index contributed by atoms with van der Waals surface area (Å²) >= 11 is 2.09. The Morgan fingerprint density at radius 3 is 2.56 bits per heavy atom. The van der Waals surface area contributed by atoms with Crippen molar-refractivity contribution in [3.05, 3.63) is 0 Å². The van der Waals surface area contributed by atoms with Crippen molar-refractivity contribution in [2.45, 2.75) is 43.3 Å². The number of nitrogens with one attached hydrogen (secondary N) is 2. The van der Waals surface area contributed by atoms with Crippen LogP contribution in [0.1, 0.15) is 38.5 Å². The Labute approximate surface area is 104 Å². The van der Waals surface area contributed by atoms with Crippen LogP contribution in [0.3, 0.4) is 0 Å². The summed E-state index contributed by atoms with van der Waals surface area (Å²) in [6.45, 7) is 4.92. The number of piperidine rings is 1. The van der Waals surface area contributed by atoms with Crippen molar-refractivity contribution in [2.75, 3.05) is 32.4 Å². The van der Waals surface area contributed by atoms with Crippen LogP contribution < -0.4 is 10.6 Å². The van der Waals surface area contributed by atoms with Crippen LogP contribution in [-0.4, -0.2) is 37.2 Å². The van der Waals surface area contributed by atoms with E-state index in [4.69, 9.17) is 0 Å². The van der Waals surface area contributed by atoms with Crippen LogP contribution >= 0.6 is 11.8 Å². The van der Waals surface area contributed by atoms with Crippen molar-refractivity contribution in [2.24, 2.45) is 5.92 Å². The molecule has 1 saturated heterocycles. The lowest BCUT2D eigenvalue weighted by Gasteiger charge is -2.29. The highest BCUT2D eigenvalue weighted by Crippen LogP contribution is 2.39. The molecule has 2 aliphatic rings. The second-order valence-corrected chi connectivity index (χ2v) is 6.69. The van der Waals surface area contributed by atoms with Crippen LogP contribution in [0.15, 0.2) is 0 Å². The van der Waals surface area contributed by atoms with Crippen LogP contribution in [0, 0.1) is 5.92 Å². The lowest BCUT2D eigenvalue weighted by molar-refractivity contribution is 0.350. The average Bonchev–Trinajstić information content (AvgIpc) is 2.80. The van der Waals surface area contributed by atoms with E-state index in [0.29, 0.717) is 4.75 Å². The molecule has 0 atom stereocenters. The molecular weight excluding hydrogens is 216 g/mol. The average molecular weight is 242 g/mol. The fourth-order valence-corrected chi connectivity index (χ4v) is 4.01. The molecule has 1 aliphatic heterocycles. The van der Waals surface area contributed by atoms with Crippen molar-refractivity contribution < 1.29 is 0 Å². The zero-order valence-electron chi connectivity index (χ0n) is 10.6. The Balaban J connectivity index is 1.66. The van der Waals surface area contributed by atoms with E-state index in [1.165, 1.54) is 64.7 Å². The third-order valence-electron chi connectivity index (χ3n) is 4.29. The van der Waals surface area contributed by atoms with Gasteiger partial charge in [0.1, 0.15) is 0 Å². The molecule has 0 aromatic heterocycles. The zero-order chi connectivity index (χ0) is 11.3. The molecular formula is C13H26N2S. The van der Waals surface area contributed by atoms with Crippen LogP contribution in [0.4, 0.5) is 0 Å². The van der Waals surface area contributed by atoms with Gasteiger partial charge in [-0.1, -0.05) is 12.8 Å². The molecule has 0 aromatic rings. The van der Waals surface area contributed by atoms with Gasteiger partial charge in [-0.15, -0.1) is 0 Å².